The highest BCUT2D eigenvalue weighted by atomic mass is 79.9. The fourth-order valence-electron chi connectivity index (χ4n) is 2.13. The Hall–Kier alpha value is -1.92. The molecule has 0 amide bonds. The molecular weight excluding hydrogens is 370 g/mol. The molecule has 2 aromatic heterocycles. The summed E-state index contributed by atoms with van der Waals surface area (Å²) in [4.78, 5) is 16.2. The van der Waals surface area contributed by atoms with E-state index in [0.29, 0.717) is 22.8 Å². The summed E-state index contributed by atoms with van der Waals surface area (Å²) < 4.78 is 7.40. The first-order valence-electron chi connectivity index (χ1n) is 6.57. The Labute approximate surface area is 140 Å². The first-order valence-corrected chi connectivity index (χ1v) is 7.74. The summed E-state index contributed by atoms with van der Waals surface area (Å²) in [6, 6.07) is 7.36. The van der Waals surface area contributed by atoms with E-state index < -0.39 is 5.97 Å². The molecular formula is C15H11BrClN3O2. The van der Waals surface area contributed by atoms with Gasteiger partial charge in [-0.05, 0) is 35.0 Å². The van der Waals surface area contributed by atoms with Gasteiger partial charge in [0.2, 0.25) is 0 Å². The van der Waals surface area contributed by atoms with E-state index in [2.05, 4.69) is 26.0 Å². The number of benzene rings is 1. The predicted molar refractivity (Wildman–Crippen MR) is 87.1 cm³/mol. The summed E-state index contributed by atoms with van der Waals surface area (Å²) in [5.74, 6) is -0.436. The lowest BCUT2D eigenvalue weighted by molar-refractivity contribution is 0.0528. The number of rotatable bonds is 3. The molecule has 0 N–H and O–H groups in total. The molecule has 0 aliphatic carbocycles. The molecule has 0 fully saturated rings. The van der Waals surface area contributed by atoms with Crippen molar-refractivity contribution in [1.82, 2.24) is 14.6 Å². The number of ether oxygens (including phenoxy) is 1. The maximum atomic E-state index is 12.0. The van der Waals surface area contributed by atoms with Crippen molar-refractivity contribution < 1.29 is 9.53 Å². The van der Waals surface area contributed by atoms with Gasteiger partial charge in [-0.2, -0.15) is 5.10 Å². The van der Waals surface area contributed by atoms with Crippen molar-refractivity contribution in [1.29, 1.82) is 0 Å². The molecule has 3 rings (SSSR count). The molecule has 3 aromatic rings. The molecule has 7 heteroatoms. The van der Waals surface area contributed by atoms with E-state index in [1.54, 1.807) is 29.8 Å². The van der Waals surface area contributed by atoms with Gasteiger partial charge in [-0.15, -0.1) is 0 Å². The number of esters is 1. The monoisotopic (exact) mass is 379 g/mol. The Morgan fingerprint density at radius 2 is 2.05 bits per heavy atom. The van der Waals surface area contributed by atoms with E-state index in [1.807, 2.05) is 12.1 Å². The molecule has 2 heterocycles. The van der Waals surface area contributed by atoms with Gasteiger partial charge in [0.15, 0.2) is 5.65 Å². The van der Waals surface area contributed by atoms with Crippen molar-refractivity contribution in [2.45, 2.75) is 6.92 Å². The van der Waals surface area contributed by atoms with Crippen molar-refractivity contribution in [3.63, 3.8) is 0 Å². The van der Waals surface area contributed by atoms with Crippen LogP contribution in [0.15, 0.2) is 41.1 Å². The average molecular weight is 381 g/mol. The quantitative estimate of drug-likeness (QED) is 0.645. The smallest absolute Gasteiger partial charge is 0.343 e. The highest BCUT2D eigenvalue weighted by Crippen LogP contribution is 2.29. The second kappa shape index (κ2) is 6.06. The van der Waals surface area contributed by atoms with Crippen LogP contribution in [0.2, 0.25) is 5.02 Å². The second-order valence-electron chi connectivity index (χ2n) is 4.48. The van der Waals surface area contributed by atoms with E-state index in [4.69, 9.17) is 16.3 Å². The molecule has 0 aliphatic rings. The zero-order chi connectivity index (χ0) is 15.7. The lowest BCUT2D eigenvalue weighted by Crippen LogP contribution is -2.05. The lowest BCUT2D eigenvalue weighted by atomic mass is 10.1. The van der Waals surface area contributed by atoms with Gasteiger partial charge in [0.05, 0.1) is 23.0 Å². The number of aromatic nitrogens is 3. The number of carbonyl (C=O) groups excluding carboxylic acids is 1. The van der Waals surface area contributed by atoms with Crippen LogP contribution in [0.1, 0.15) is 17.3 Å². The maximum absolute atomic E-state index is 12.0. The SMILES string of the molecule is CCOC(=O)c1cnn2c(-c3ccc(Cl)cc3)c(Br)cnc12. The van der Waals surface area contributed by atoms with Crippen LogP contribution in [-0.4, -0.2) is 27.2 Å². The molecule has 1 aromatic carbocycles. The van der Waals surface area contributed by atoms with Gasteiger partial charge in [-0.3, -0.25) is 0 Å². The minimum absolute atomic E-state index is 0.302. The molecule has 0 saturated heterocycles. The van der Waals surface area contributed by atoms with E-state index in [9.17, 15) is 4.79 Å². The summed E-state index contributed by atoms with van der Waals surface area (Å²) in [6.07, 6.45) is 3.11. The molecule has 5 nitrogen and oxygen atoms in total. The average Bonchev–Trinajstić information content (AvgIpc) is 2.92. The van der Waals surface area contributed by atoms with Gasteiger partial charge in [-0.25, -0.2) is 14.3 Å². The zero-order valence-electron chi connectivity index (χ0n) is 11.6. The third-order valence-electron chi connectivity index (χ3n) is 3.10. The molecule has 0 bridgehead atoms. The molecule has 0 radical (unpaired) electrons. The summed E-state index contributed by atoms with van der Waals surface area (Å²) >= 11 is 9.41. The normalized spacial score (nSPS) is 10.9. The van der Waals surface area contributed by atoms with Crippen molar-refractivity contribution in [2.24, 2.45) is 0 Å². The lowest BCUT2D eigenvalue weighted by Gasteiger charge is -2.08. The molecule has 112 valence electrons. The summed E-state index contributed by atoms with van der Waals surface area (Å²) in [6.45, 7) is 2.06. The van der Waals surface area contributed by atoms with E-state index >= 15 is 0 Å². The molecule has 22 heavy (non-hydrogen) atoms. The van der Waals surface area contributed by atoms with Gasteiger partial charge in [-0.1, -0.05) is 23.7 Å². The highest BCUT2D eigenvalue weighted by molar-refractivity contribution is 9.10. The largest absolute Gasteiger partial charge is 0.462 e. The van der Waals surface area contributed by atoms with Gasteiger partial charge < -0.3 is 4.74 Å². The maximum Gasteiger partial charge on any atom is 0.343 e. The molecule has 0 saturated carbocycles. The number of carbonyl (C=O) groups is 1. The third-order valence-corrected chi connectivity index (χ3v) is 3.93. The number of hydrogen-bond donors (Lipinski definition) is 0. The first kappa shape index (κ1) is 15.0. The molecule has 0 atom stereocenters. The van der Waals surface area contributed by atoms with Crippen LogP contribution in [0, 0.1) is 0 Å². The Kier molecular flexibility index (Phi) is 4.13. The highest BCUT2D eigenvalue weighted by Gasteiger charge is 2.18. The minimum atomic E-state index is -0.436. The van der Waals surface area contributed by atoms with E-state index in [1.165, 1.54) is 6.20 Å². The van der Waals surface area contributed by atoms with Crippen LogP contribution in [0.25, 0.3) is 16.9 Å². The minimum Gasteiger partial charge on any atom is -0.462 e. The number of nitrogens with zero attached hydrogens (tertiary/aromatic N) is 3. The van der Waals surface area contributed by atoms with Crippen molar-refractivity contribution >= 4 is 39.1 Å². The third kappa shape index (κ3) is 2.60. The number of fused-ring (bicyclic) bond motifs is 1. The van der Waals surface area contributed by atoms with Gasteiger partial charge >= 0.3 is 5.97 Å². The van der Waals surface area contributed by atoms with E-state index in [0.717, 1.165) is 15.7 Å². The van der Waals surface area contributed by atoms with Gasteiger partial charge in [0.25, 0.3) is 0 Å². The topological polar surface area (TPSA) is 56.5 Å². The summed E-state index contributed by atoms with van der Waals surface area (Å²) in [5, 5.41) is 4.92. The van der Waals surface area contributed by atoms with Crippen LogP contribution in [0.4, 0.5) is 0 Å². The Bertz CT molecular complexity index is 846. The number of halogens is 2. The van der Waals surface area contributed by atoms with Crippen LogP contribution < -0.4 is 0 Å². The molecule has 0 spiro atoms. The fraction of sp³-hybridized carbons (Fsp3) is 0.133. The van der Waals surface area contributed by atoms with E-state index in [-0.39, 0.29) is 0 Å². The standard InChI is InChI=1S/C15H11BrClN3O2/c1-2-22-15(21)11-7-19-20-13(12(16)8-18-14(11)20)9-3-5-10(17)6-4-9/h3-8H,2H2,1H3. The first-order chi connectivity index (χ1) is 10.6. The predicted octanol–water partition coefficient (Wildman–Crippen LogP) is 3.99. The van der Waals surface area contributed by atoms with Crippen molar-refractivity contribution in [2.75, 3.05) is 6.61 Å². The van der Waals surface area contributed by atoms with Crippen molar-refractivity contribution in [3.8, 4) is 11.3 Å². The Morgan fingerprint density at radius 3 is 2.73 bits per heavy atom. The van der Waals surface area contributed by atoms with Crippen LogP contribution >= 0.6 is 27.5 Å². The van der Waals surface area contributed by atoms with Gasteiger partial charge in [0.1, 0.15) is 5.56 Å². The summed E-state index contributed by atoms with van der Waals surface area (Å²) in [7, 11) is 0. The van der Waals surface area contributed by atoms with Gasteiger partial charge in [0, 0.05) is 16.8 Å². The van der Waals surface area contributed by atoms with Crippen molar-refractivity contribution in [3.05, 3.63) is 51.7 Å². The Balaban J connectivity index is 2.20. The molecule has 0 unspecified atom stereocenters. The van der Waals surface area contributed by atoms with Crippen LogP contribution in [-0.2, 0) is 4.74 Å². The second-order valence-corrected chi connectivity index (χ2v) is 5.77. The summed E-state index contributed by atoms with van der Waals surface area (Å²) in [5.41, 5.74) is 2.48. The zero-order valence-corrected chi connectivity index (χ0v) is 13.9. The molecule has 0 aliphatic heterocycles. The van der Waals surface area contributed by atoms with Crippen LogP contribution in [0.5, 0.6) is 0 Å². The Morgan fingerprint density at radius 1 is 1.32 bits per heavy atom. The fourth-order valence-corrected chi connectivity index (χ4v) is 2.76. The van der Waals surface area contributed by atoms with Crippen LogP contribution in [0.3, 0.4) is 0 Å². The number of hydrogen-bond acceptors (Lipinski definition) is 4.